The molecular formula is C24H21F2NO2. The fourth-order valence-electron chi connectivity index (χ4n) is 4.00. The van der Waals surface area contributed by atoms with Gasteiger partial charge in [-0.25, -0.2) is 8.78 Å². The molecule has 1 aliphatic rings. The van der Waals surface area contributed by atoms with Gasteiger partial charge >= 0.3 is 0 Å². The molecule has 0 radical (unpaired) electrons. The SMILES string of the molecule is O=C(CCc1ccccc1F)N1CCc2ccccc2C1c1cc(F)ccc1O. The quantitative estimate of drug-likeness (QED) is 0.693. The van der Waals surface area contributed by atoms with Gasteiger partial charge in [0.25, 0.3) is 0 Å². The van der Waals surface area contributed by atoms with Crippen LogP contribution in [0.25, 0.3) is 0 Å². The van der Waals surface area contributed by atoms with E-state index in [2.05, 4.69) is 0 Å². The van der Waals surface area contributed by atoms with Crippen LogP contribution in [0, 0.1) is 11.6 Å². The molecule has 1 aliphatic heterocycles. The van der Waals surface area contributed by atoms with Gasteiger partial charge in [0.2, 0.25) is 5.91 Å². The average Bonchev–Trinajstić information content (AvgIpc) is 2.74. The highest BCUT2D eigenvalue weighted by atomic mass is 19.1. The Hall–Kier alpha value is -3.21. The van der Waals surface area contributed by atoms with Crippen LogP contribution in [-0.2, 0) is 17.6 Å². The maximum Gasteiger partial charge on any atom is 0.223 e. The minimum atomic E-state index is -0.580. The van der Waals surface area contributed by atoms with E-state index in [1.807, 2.05) is 24.3 Å². The van der Waals surface area contributed by atoms with Crippen LogP contribution in [0.1, 0.15) is 34.7 Å². The zero-order valence-electron chi connectivity index (χ0n) is 15.8. The Bertz CT molecular complexity index is 1050. The van der Waals surface area contributed by atoms with Crippen molar-refractivity contribution in [1.29, 1.82) is 0 Å². The first kappa shape index (κ1) is 19.1. The second kappa shape index (κ2) is 8.03. The van der Waals surface area contributed by atoms with E-state index in [1.165, 1.54) is 24.3 Å². The molecule has 3 nitrogen and oxygen atoms in total. The molecule has 4 rings (SSSR count). The van der Waals surface area contributed by atoms with E-state index in [1.54, 1.807) is 23.1 Å². The lowest BCUT2D eigenvalue weighted by molar-refractivity contribution is -0.133. The number of hydrogen-bond acceptors (Lipinski definition) is 2. The number of carbonyl (C=O) groups excluding carboxylic acids is 1. The highest BCUT2D eigenvalue weighted by Gasteiger charge is 2.33. The van der Waals surface area contributed by atoms with Crippen molar-refractivity contribution in [3.8, 4) is 5.75 Å². The van der Waals surface area contributed by atoms with Crippen LogP contribution in [0.2, 0.25) is 0 Å². The third-order valence-electron chi connectivity index (χ3n) is 5.45. The maximum absolute atomic E-state index is 14.0. The van der Waals surface area contributed by atoms with E-state index in [0.717, 1.165) is 11.1 Å². The molecule has 0 aliphatic carbocycles. The number of nitrogens with zero attached hydrogens (tertiary/aromatic N) is 1. The zero-order valence-corrected chi connectivity index (χ0v) is 15.8. The molecule has 148 valence electrons. The topological polar surface area (TPSA) is 40.5 Å². The number of aryl methyl sites for hydroxylation is 1. The van der Waals surface area contributed by atoms with Gasteiger partial charge in [0.05, 0.1) is 6.04 Å². The summed E-state index contributed by atoms with van der Waals surface area (Å²) in [6.45, 7) is 0.452. The maximum atomic E-state index is 14.0. The fourth-order valence-corrected chi connectivity index (χ4v) is 4.00. The molecule has 1 unspecified atom stereocenters. The molecule has 0 aromatic heterocycles. The third kappa shape index (κ3) is 3.86. The van der Waals surface area contributed by atoms with Crippen molar-refractivity contribution in [2.45, 2.75) is 25.3 Å². The van der Waals surface area contributed by atoms with Gasteiger partial charge in [0, 0.05) is 18.5 Å². The van der Waals surface area contributed by atoms with Gasteiger partial charge in [0.1, 0.15) is 17.4 Å². The molecular weight excluding hydrogens is 372 g/mol. The normalized spacial score (nSPS) is 15.8. The van der Waals surface area contributed by atoms with E-state index >= 15 is 0 Å². The Kier molecular flexibility index (Phi) is 5.30. The summed E-state index contributed by atoms with van der Waals surface area (Å²) < 4.78 is 27.9. The summed E-state index contributed by atoms with van der Waals surface area (Å²) in [7, 11) is 0. The van der Waals surface area contributed by atoms with Gasteiger partial charge in [-0.1, -0.05) is 42.5 Å². The monoisotopic (exact) mass is 393 g/mol. The molecule has 0 bridgehead atoms. The van der Waals surface area contributed by atoms with E-state index in [-0.39, 0.29) is 30.3 Å². The molecule has 0 saturated carbocycles. The number of hydrogen-bond donors (Lipinski definition) is 1. The Morgan fingerprint density at radius 3 is 2.59 bits per heavy atom. The number of amides is 1. The van der Waals surface area contributed by atoms with Gasteiger partial charge in [0.15, 0.2) is 0 Å². The Morgan fingerprint density at radius 1 is 1.00 bits per heavy atom. The van der Waals surface area contributed by atoms with Crippen LogP contribution in [-0.4, -0.2) is 22.5 Å². The lowest BCUT2D eigenvalue weighted by Crippen LogP contribution is -2.40. The van der Waals surface area contributed by atoms with E-state index in [9.17, 15) is 18.7 Å². The number of halogens is 2. The van der Waals surface area contributed by atoms with Crippen molar-refractivity contribution in [2.75, 3.05) is 6.54 Å². The molecule has 3 aromatic carbocycles. The van der Waals surface area contributed by atoms with Crippen molar-refractivity contribution in [1.82, 2.24) is 4.90 Å². The number of carbonyl (C=O) groups is 1. The summed E-state index contributed by atoms with van der Waals surface area (Å²) in [5.41, 5.74) is 2.79. The largest absolute Gasteiger partial charge is 0.508 e. The smallest absolute Gasteiger partial charge is 0.223 e. The van der Waals surface area contributed by atoms with E-state index in [0.29, 0.717) is 24.1 Å². The van der Waals surface area contributed by atoms with Gasteiger partial charge in [-0.05, 0) is 53.8 Å². The standard InChI is InChI=1S/C24H21F2NO2/c25-18-10-11-22(28)20(15-18)24-19-7-3-1-5-16(19)13-14-27(24)23(29)12-9-17-6-2-4-8-21(17)26/h1-8,10-11,15,24,28H,9,12-14H2. The Balaban J connectivity index is 1.67. The second-order valence-electron chi connectivity index (χ2n) is 7.23. The minimum absolute atomic E-state index is 0.0555. The molecule has 5 heteroatoms. The molecule has 0 spiro atoms. The van der Waals surface area contributed by atoms with Crippen LogP contribution >= 0.6 is 0 Å². The number of phenolic OH excluding ortho intramolecular Hbond substituents is 1. The van der Waals surface area contributed by atoms with Crippen molar-refractivity contribution in [2.24, 2.45) is 0 Å². The summed E-state index contributed by atoms with van der Waals surface area (Å²) in [5, 5.41) is 10.4. The van der Waals surface area contributed by atoms with Crippen molar-refractivity contribution in [3.63, 3.8) is 0 Å². The van der Waals surface area contributed by atoms with Crippen LogP contribution in [0.4, 0.5) is 8.78 Å². The molecule has 0 saturated heterocycles. The molecule has 1 heterocycles. The van der Waals surface area contributed by atoms with Gasteiger partial charge in [-0.15, -0.1) is 0 Å². The number of aromatic hydroxyl groups is 1. The lowest BCUT2D eigenvalue weighted by Gasteiger charge is -2.38. The minimum Gasteiger partial charge on any atom is -0.508 e. The van der Waals surface area contributed by atoms with Crippen molar-refractivity contribution in [3.05, 3.63) is 101 Å². The van der Waals surface area contributed by atoms with Gasteiger partial charge in [-0.2, -0.15) is 0 Å². The van der Waals surface area contributed by atoms with Crippen LogP contribution in [0.3, 0.4) is 0 Å². The molecule has 1 amide bonds. The molecule has 29 heavy (non-hydrogen) atoms. The first-order valence-electron chi connectivity index (χ1n) is 9.63. The van der Waals surface area contributed by atoms with Crippen LogP contribution in [0.5, 0.6) is 5.75 Å². The average molecular weight is 393 g/mol. The Labute approximate surface area is 168 Å². The lowest BCUT2D eigenvalue weighted by atomic mass is 9.87. The predicted octanol–water partition coefficient (Wildman–Crippen LogP) is 4.78. The van der Waals surface area contributed by atoms with E-state index in [4.69, 9.17) is 0 Å². The van der Waals surface area contributed by atoms with Gasteiger partial charge < -0.3 is 10.0 Å². The molecule has 3 aromatic rings. The van der Waals surface area contributed by atoms with E-state index < -0.39 is 11.9 Å². The van der Waals surface area contributed by atoms with Crippen LogP contribution in [0.15, 0.2) is 66.7 Å². The summed E-state index contributed by atoms with van der Waals surface area (Å²) in [6.07, 6.45) is 1.09. The first-order valence-corrected chi connectivity index (χ1v) is 9.63. The van der Waals surface area contributed by atoms with Crippen LogP contribution < -0.4 is 0 Å². The first-order chi connectivity index (χ1) is 14.0. The predicted molar refractivity (Wildman–Crippen MR) is 106 cm³/mol. The highest BCUT2D eigenvalue weighted by molar-refractivity contribution is 5.78. The molecule has 1 N–H and O–H groups in total. The Morgan fingerprint density at radius 2 is 1.76 bits per heavy atom. The van der Waals surface area contributed by atoms with Crippen molar-refractivity contribution >= 4 is 5.91 Å². The fraction of sp³-hybridized carbons (Fsp3) is 0.208. The number of phenols is 1. The highest BCUT2D eigenvalue weighted by Crippen LogP contribution is 2.39. The van der Waals surface area contributed by atoms with Gasteiger partial charge in [-0.3, -0.25) is 4.79 Å². The van der Waals surface area contributed by atoms with Crippen molar-refractivity contribution < 1.29 is 18.7 Å². The number of fused-ring (bicyclic) bond motifs is 1. The molecule has 0 fully saturated rings. The zero-order chi connectivity index (χ0) is 20.4. The third-order valence-corrected chi connectivity index (χ3v) is 5.45. The number of rotatable bonds is 4. The summed E-state index contributed by atoms with van der Waals surface area (Å²) in [6, 6.07) is 17.3. The summed E-state index contributed by atoms with van der Waals surface area (Å²) >= 11 is 0. The summed E-state index contributed by atoms with van der Waals surface area (Å²) in [5.74, 6) is -1.01. The molecule has 1 atom stereocenters. The summed E-state index contributed by atoms with van der Waals surface area (Å²) in [4.78, 5) is 14.8. The second-order valence-corrected chi connectivity index (χ2v) is 7.23. The number of benzene rings is 3.